The summed E-state index contributed by atoms with van der Waals surface area (Å²) in [7, 11) is 0. The van der Waals surface area contributed by atoms with Gasteiger partial charge in [-0.2, -0.15) is 0 Å². The highest BCUT2D eigenvalue weighted by molar-refractivity contribution is 6.26. The highest BCUT2D eigenvalue weighted by Gasteiger charge is 2.39. The number of aliphatic carboxylic acids is 1. The monoisotopic (exact) mass is 388 g/mol. The first-order valence-electron chi connectivity index (χ1n) is 9.13. The Kier molecular flexibility index (Phi) is 3.90. The summed E-state index contributed by atoms with van der Waals surface area (Å²) in [5, 5.41) is 10.5. The summed E-state index contributed by atoms with van der Waals surface area (Å²) < 4.78 is 5.81. The number of ketones is 1. The Morgan fingerprint density at radius 2 is 2.07 bits per heavy atom. The fourth-order valence-corrected chi connectivity index (χ4v) is 3.71. The van der Waals surface area contributed by atoms with E-state index in [2.05, 4.69) is 15.0 Å². The van der Waals surface area contributed by atoms with E-state index in [1.807, 2.05) is 18.2 Å². The Bertz CT molecular complexity index is 1220. The molecule has 0 bridgehead atoms. The molecule has 8 heteroatoms. The summed E-state index contributed by atoms with van der Waals surface area (Å²) in [5.74, 6) is -1.87. The Balaban J connectivity index is 1.51. The molecule has 0 aliphatic carbocycles. The number of hydrogen-bond acceptors (Lipinski definition) is 6. The Morgan fingerprint density at radius 1 is 1.24 bits per heavy atom. The number of pyridine rings is 2. The van der Waals surface area contributed by atoms with Crippen molar-refractivity contribution in [1.82, 2.24) is 19.9 Å². The van der Waals surface area contributed by atoms with Crippen molar-refractivity contribution < 1.29 is 19.4 Å². The summed E-state index contributed by atoms with van der Waals surface area (Å²) in [6.07, 6.45) is 7.32. The molecule has 0 saturated heterocycles. The van der Waals surface area contributed by atoms with Crippen LogP contribution in [-0.4, -0.2) is 43.3 Å². The van der Waals surface area contributed by atoms with Gasteiger partial charge in [0.15, 0.2) is 11.3 Å². The zero-order valence-corrected chi connectivity index (χ0v) is 15.3. The lowest BCUT2D eigenvalue weighted by molar-refractivity contribution is -0.134. The van der Waals surface area contributed by atoms with Crippen molar-refractivity contribution in [3.8, 4) is 0 Å². The summed E-state index contributed by atoms with van der Waals surface area (Å²) in [6.45, 7) is 0.959. The van der Waals surface area contributed by atoms with Gasteiger partial charge in [0.25, 0.3) is 0 Å². The molecule has 8 nitrogen and oxygen atoms in total. The van der Waals surface area contributed by atoms with Crippen molar-refractivity contribution >= 4 is 28.9 Å². The third-order valence-electron chi connectivity index (χ3n) is 5.11. The molecule has 2 aliphatic heterocycles. The van der Waals surface area contributed by atoms with Gasteiger partial charge in [-0.1, -0.05) is 6.07 Å². The van der Waals surface area contributed by atoms with Crippen molar-refractivity contribution in [3.63, 3.8) is 0 Å². The van der Waals surface area contributed by atoms with Gasteiger partial charge >= 0.3 is 5.97 Å². The van der Waals surface area contributed by atoms with Crippen molar-refractivity contribution in [1.29, 1.82) is 0 Å². The lowest BCUT2D eigenvalue weighted by Gasteiger charge is -2.29. The highest BCUT2D eigenvalue weighted by atomic mass is 16.5. The van der Waals surface area contributed by atoms with Gasteiger partial charge in [0.05, 0.1) is 0 Å². The Morgan fingerprint density at radius 3 is 2.93 bits per heavy atom. The smallest absolute Gasteiger partial charge is 0.345 e. The molecule has 2 aliphatic rings. The number of allylic oxidation sites excluding steroid dienone is 1. The molecule has 3 aromatic rings. The molecule has 0 aromatic carbocycles. The standard InChI is InChI=1S/C21H16N4O4/c26-18-16(9-13-10-24-19-14(13)4-2-7-23-19)29-20(17(18)21(27)28)25-8-5-15-12(11-25)3-1-6-22-15/h1-4,6-7,9-10H,5,8,11H2,(H,23,24)(H,27,28)/b16-9-. The Labute approximate surface area is 165 Å². The van der Waals surface area contributed by atoms with Crippen LogP contribution in [0.5, 0.6) is 0 Å². The van der Waals surface area contributed by atoms with Crippen LogP contribution in [0, 0.1) is 0 Å². The number of carboxylic acids is 1. The molecular weight excluding hydrogens is 372 g/mol. The first kappa shape index (κ1) is 17.2. The van der Waals surface area contributed by atoms with Gasteiger partial charge in [-0.3, -0.25) is 9.78 Å². The van der Waals surface area contributed by atoms with Crippen LogP contribution in [0.4, 0.5) is 0 Å². The SMILES string of the molecule is O=C(O)C1=C(N2CCc3ncccc3C2)O/C(=C\c2c[nH]c3ncccc23)C1=O. The number of Topliss-reactive ketones (excluding diaryl/α,β-unsaturated/α-hetero) is 1. The van der Waals surface area contributed by atoms with Crippen molar-refractivity contribution in [2.45, 2.75) is 13.0 Å². The van der Waals surface area contributed by atoms with E-state index in [1.165, 1.54) is 0 Å². The fourth-order valence-electron chi connectivity index (χ4n) is 3.71. The van der Waals surface area contributed by atoms with Crippen LogP contribution in [-0.2, 0) is 27.3 Å². The number of H-pyrrole nitrogens is 1. The van der Waals surface area contributed by atoms with Crippen LogP contribution in [0.3, 0.4) is 0 Å². The van der Waals surface area contributed by atoms with Crippen LogP contribution >= 0.6 is 0 Å². The summed E-state index contributed by atoms with van der Waals surface area (Å²) in [4.78, 5) is 38.0. The third kappa shape index (κ3) is 2.85. The van der Waals surface area contributed by atoms with E-state index >= 15 is 0 Å². The average molecular weight is 388 g/mol. The normalized spacial score (nSPS) is 17.7. The van der Waals surface area contributed by atoms with E-state index in [4.69, 9.17) is 4.74 Å². The minimum atomic E-state index is -1.30. The minimum Gasteiger partial charge on any atom is -0.477 e. The van der Waals surface area contributed by atoms with Crippen LogP contribution < -0.4 is 0 Å². The number of ether oxygens (including phenoxy) is 1. The molecule has 5 heterocycles. The van der Waals surface area contributed by atoms with Crippen molar-refractivity contribution in [2.24, 2.45) is 0 Å². The van der Waals surface area contributed by atoms with Crippen LogP contribution in [0.15, 0.2) is 60.1 Å². The zero-order chi connectivity index (χ0) is 20.0. The maximum Gasteiger partial charge on any atom is 0.345 e. The number of nitrogens with one attached hydrogen (secondary N) is 1. The molecule has 0 saturated carbocycles. The highest BCUT2D eigenvalue weighted by Crippen LogP contribution is 2.33. The largest absolute Gasteiger partial charge is 0.477 e. The second-order valence-corrected chi connectivity index (χ2v) is 6.85. The second-order valence-electron chi connectivity index (χ2n) is 6.85. The topological polar surface area (TPSA) is 108 Å². The molecule has 29 heavy (non-hydrogen) atoms. The molecule has 0 spiro atoms. The average Bonchev–Trinajstić information content (AvgIpc) is 3.29. The minimum absolute atomic E-state index is 0.0147. The maximum absolute atomic E-state index is 12.8. The number of hydrogen-bond donors (Lipinski definition) is 2. The van der Waals surface area contributed by atoms with Crippen LogP contribution in [0.2, 0.25) is 0 Å². The lowest BCUT2D eigenvalue weighted by atomic mass is 10.1. The van der Waals surface area contributed by atoms with Gasteiger partial charge in [0.2, 0.25) is 11.7 Å². The number of aromatic nitrogens is 3. The van der Waals surface area contributed by atoms with Gasteiger partial charge < -0.3 is 19.7 Å². The fraction of sp³-hybridized carbons (Fsp3) is 0.143. The summed E-state index contributed by atoms with van der Waals surface area (Å²) >= 11 is 0. The quantitative estimate of drug-likeness (QED) is 0.523. The molecular formula is C21H16N4O4. The van der Waals surface area contributed by atoms with E-state index in [9.17, 15) is 14.7 Å². The van der Waals surface area contributed by atoms with E-state index in [0.717, 1.165) is 16.6 Å². The molecule has 5 rings (SSSR count). The second kappa shape index (κ2) is 6.59. The van der Waals surface area contributed by atoms with Crippen molar-refractivity contribution in [3.05, 3.63) is 76.9 Å². The predicted octanol–water partition coefficient (Wildman–Crippen LogP) is 2.25. The maximum atomic E-state index is 12.8. The lowest BCUT2D eigenvalue weighted by Crippen LogP contribution is -2.32. The number of carboxylic acid groups (broad SMARTS) is 1. The van der Waals surface area contributed by atoms with Gasteiger partial charge in [-0.15, -0.1) is 0 Å². The number of aromatic amines is 1. The molecule has 0 unspecified atom stereocenters. The van der Waals surface area contributed by atoms with Gasteiger partial charge in [-0.25, -0.2) is 9.78 Å². The van der Waals surface area contributed by atoms with Crippen LogP contribution in [0.1, 0.15) is 16.8 Å². The van der Waals surface area contributed by atoms with E-state index in [0.29, 0.717) is 30.7 Å². The number of fused-ring (bicyclic) bond motifs is 2. The first-order valence-corrected chi connectivity index (χ1v) is 9.13. The number of nitrogens with zero attached hydrogens (tertiary/aromatic N) is 3. The predicted molar refractivity (Wildman–Crippen MR) is 103 cm³/mol. The van der Waals surface area contributed by atoms with E-state index in [1.54, 1.807) is 35.6 Å². The van der Waals surface area contributed by atoms with E-state index in [-0.39, 0.29) is 17.2 Å². The molecule has 0 atom stereocenters. The Hall–Kier alpha value is -3.94. The molecule has 0 radical (unpaired) electrons. The van der Waals surface area contributed by atoms with Gasteiger partial charge in [0, 0.05) is 54.7 Å². The molecule has 0 amide bonds. The van der Waals surface area contributed by atoms with Gasteiger partial charge in [-0.05, 0) is 29.8 Å². The zero-order valence-electron chi connectivity index (χ0n) is 15.3. The molecule has 144 valence electrons. The van der Waals surface area contributed by atoms with Gasteiger partial charge in [0.1, 0.15) is 5.65 Å². The number of carbonyl (C=O) groups is 2. The molecule has 2 N–H and O–H groups in total. The first-order chi connectivity index (χ1) is 14.1. The summed E-state index contributed by atoms with van der Waals surface area (Å²) in [6, 6.07) is 7.45. The summed E-state index contributed by atoms with van der Waals surface area (Å²) in [5.41, 5.74) is 3.01. The van der Waals surface area contributed by atoms with Crippen LogP contribution in [0.25, 0.3) is 17.1 Å². The molecule has 0 fully saturated rings. The number of rotatable bonds is 3. The van der Waals surface area contributed by atoms with Crippen molar-refractivity contribution in [2.75, 3.05) is 6.54 Å². The van der Waals surface area contributed by atoms with E-state index < -0.39 is 11.8 Å². The number of carbonyl (C=O) groups excluding carboxylic acids is 1. The third-order valence-corrected chi connectivity index (χ3v) is 5.11. The molecule has 3 aromatic heterocycles.